The van der Waals surface area contributed by atoms with Crippen LogP contribution in [0.2, 0.25) is 0 Å². The number of hydrogen-bond acceptors (Lipinski definition) is 8. The normalized spacial score (nSPS) is 13.3. The molecule has 1 unspecified atom stereocenters. The molecule has 0 amide bonds. The number of unbranched alkanes of at least 4 members (excludes halogenated alkanes) is 41. The van der Waals surface area contributed by atoms with Crippen molar-refractivity contribution in [3.8, 4) is 0 Å². The highest BCUT2D eigenvalue weighted by atomic mass is 31.2. The third-order valence-corrected chi connectivity index (χ3v) is 14.7. The van der Waals surface area contributed by atoms with Crippen molar-refractivity contribution in [3.63, 3.8) is 0 Å². The standard InChI is InChI=1S/C60H118NO8P/c1-6-8-10-12-14-16-18-20-22-24-26-28-30-32-34-36-38-40-42-44-46-48-50-52-59(62)66-56-58(57-68-70(64,65)67-55-54-61(3,4)5)69-60(63)53-51-49-47-45-43-41-39-37-35-33-31-29-27-25-23-21-19-17-15-13-11-9-7-2/h44,46,58H,6-43,45,47-57H2,1-5H3/b46-44+/t58-/m1/s1. The van der Waals surface area contributed by atoms with Crippen LogP contribution in [0, 0.1) is 0 Å². The number of carbonyl (C=O) groups is 2. The average molecular weight is 1010 g/mol. The molecule has 0 aromatic rings. The lowest BCUT2D eigenvalue weighted by Gasteiger charge is -2.28. The van der Waals surface area contributed by atoms with Gasteiger partial charge in [-0.15, -0.1) is 0 Å². The second-order valence-electron chi connectivity index (χ2n) is 22.1. The van der Waals surface area contributed by atoms with Crippen LogP contribution in [-0.2, 0) is 32.7 Å². The van der Waals surface area contributed by atoms with Gasteiger partial charge in [0.1, 0.15) is 19.8 Å². The molecule has 0 N–H and O–H groups in total. The lowest BCUT2D eigenvalue weighted by molar-refractivity contribution is -0.870. The van der Waals surface area contributed by atoms with E-state index in [0.717, 1.165) is 25.7 Å². The first-order valence-corrected chi connectivity index (χ1v) is 31.9. The molecule has 0 aliphatic carbocycles. The van der Waals surface area contributed by atoms with Crippen LogP contribution in [0.1, 0.15) is 309 Å². The maximum Gasteiger partial charge on any atom is 0.306 e. The molecule has 0 bridgehead atoms. The van der Waals surface area contributed by atoms with Gasteiger partial charge in [-0.2, -0.15) is 0 Å². The second-order valence-corrected chi connectivity index (χ2v) is 23.5. The van der Waals surface area contributed by atoms with Crippen LogP contribution in [0.15, 0.2) is 12.2 Å². The fourth-order valence-electron chi connectivity index (χ4n) is 9.08. The molecular formula is C60H118NO8P. The van der Waals surface area contributed by atoms with Crippen molar-refractivity contribution in [2.75, 3.05) is 47.5 Å². The molecule has 0 fully saturated rings. The van der Waals surface area contributed by atoms with Crippen molar-refractivity contribution in [1.82, 2.24) is 0 Å². The van der Waals surface area contributed by atoms with Gasteiger partial charge in [-0.25, -0.2) is 0 Å². The summed E-state index contributed by atoms with van der Waals surface area (Å²) >= 11 is 0. The Kier molecular flexibility index (Phi) is 51.7. The van der Waals surface area contributed by atoms with Crippen molar-refractivity contribution < 1.29 is 42.1 Å². The Morgan fingerprint density at radius 3 is 1.10 bits per heavy atom. The Morgan fingerprint density at radius 2 is 0.743 bits per heavy atom. The first kappa shape index (κ1) is 68.8. The van der Waals surface area contributed by atoms with Crippen LogP contribution < -0.4 is 4.89 Å². The summed E-state index contributed by atoms with van der Waals surface area (Å²) in [5, 5.41) is 0. The summed E-state index contributed by atoms with van der Waals surface area (Å²) in [7, 11) is 1.17. The zero-order chi connectivity index (χ0) is 51.3. The summed E-state index contributed by atoms with van der Waals surface area (Å²) in [6.45, 7) is 4.28. The van der Waals surface area contributed by atoms with E-state index in [-0.39, 0.29) is 26.1 Å². The van der Waals surface area contributed by atoms with E-state index in [1.807, 2.05) is 21.1 Å². The van der Waals surface area contributed by atoms with Gasteiger partial charge >= 0.3 is 11.9 Å². The number of rotatable bonds is 57. The molecule has 0 heterocycles. The van der Waals surface area contributed by atoms with Crippen molar-refractivity contribution in [3.05, 3.63) is 12.2 Å². The highest BCUT2D eigenvalue weighted by Gasteiger charge is 2.22. The molecule has 0 aliphatic heterocycles. The highest BCUT2D eigenvalue weighted by Crippen LogP contribution is 2.38. The number of phosphoric acid groups is 1. The van der Waals surface area contributed by atoms with E-state index >= 15 is 0 Å². The number of nitrogens with zero attached hydrogens (tertiary/aromatic N) is 1. The van der Waals surface area contributed by atoms with Gasteiger partial charge in [0.05, 0.1) is 27.7 Å². The third kappa shape index (κ3) is 56.1. The first-order valence-electron chi connectivity index (χ1n) is 30.4. The number of carbonyl (C=O) groups excluding carboxylic acids is 2. The van der Waals surface area contributed by atoms with E-state index < -0.39 is 32.5 Å². The largest absolute Gasteiger partial charge is 0.756 e. The molecule has 9 nitrogen and oxygen atoms in total. The Hall–Kier alpha value is -1.25. The number of phosphoric ester groups is 1. The van der Waals surface area contributed by atoms with E-state index in [9.17, 15) is 19.0 Å². The molecule has 0 spiro atoms. The van der Waals surface area contributed by atoms with E-state index in [1.165, 1.54) is 244 Å². The van der Waals surface area contributed by atoms with Crippen molar-refractivity contribution in [2.24, 2.45) is 0 Å². The zero-order valence-corrected chi connectivity index (χ0v) is 48.1. The Morgan fingerprint density at radius 1 is 0.429 bits per heavy atom. The molecule has 10 heteroatoms. The molecule has 0 saturated carbocycles. The fourth-order valence-corrected chi connectivity index (χ4v) is 9.80. The molecule has 416 valence electrons. The predicted octanol–water partition coefficient (Wildman–Crippen LogP) is 18.2. The summed E-state index contributed by atoms with van der Waals surface area (Å²) in [6.07, 6.45) is 61.3. The molecule has 0 radical (unpaired) electrons. The number of esters is 2. The third-order valence-electron chi connectivity index (χ3n) is 13.8. The van der Waals surface area contributed by atoms with Gasteiger partial charge in [0.15, 0.2) is 6.10 Å². The van der Waals surface area contributed by atoms with Crippen LogP contribution in [-0.4, -0.2) is 70.0 Å². The van der Waals surface area contributed by atoms with Gasteiger partial charge in [0, 0.05) is 12.8 Å². The van der Waals surface area contributed by atoms with Crippen molar-refractivity contribution >= 4 is 19.8 Å². The molecule has 70 heavy (non-hydrogen) atoms. The van der Waals surface area contributed by atoms with Gasteiger partial charge in [-0.05, 0) is 32.1 Å². The van der Waals surface area contributed by atoms with Gasteiger partial charge < -0.3 is 27.9 Å². The zero-order valence-electron chi connectivity index (χ0n) is 47.2. The highest BCUT2D eigenvalue weighted by molar-refractivity contribution is 7.45. The predicted molar refractivity (Wildman–Crippen MR) is 296 cm³/mol. The molecule has 0 rings (SSSR count). The van der Waals surface area contributed by atoms with Crippen LogP contribution in [0.25, 0.3) is 0 Å². The lowest BCUT2D eigenvalue weighted by Crippen LogP contribution is -2.37. The van der Waals surface area contributed by atoms with E-state index in [4.69, 9.17) is 18.5 Å². The molecule has 0 aliphatic rings. The minimum absolute atomic E-state index is 0.0305. The maximum atomic E-state index is 12.8. The number of quaternary nitrogens is 1. The second kappa shape index (κ2) is 52.6. The minimum Gasteiger partial charge on any atom is -0.756 e. The monoisotopic (exact) mass is 1010 g/mol. The van der Waals surface area contributed by atoms with Gasteiger partial charge in [-0.1, -0.05) is 276 Å². The van der Waals surface area contributed by atoms with Crippen LogP contribution in [0.4, 0.5) is 0 Å². The van der Waals surface area contributed by atoms with Crippen molar-refractivity contribution in [1.29, 1.82) is 0 Å². The van der Waals surface area contributed by atoms with Gasteiger partial charge in [0.2, 0.25) is 0 Å². The van der Waals surface area contributed by atoms with E-state index in [1.54, 1.807) is 0 Å². The molecule has 2 atom stereocenters. The Labute approximate surface area is 435 Å². The summed E-state index contributed by atoms with van der Waals surface area (Å²) in [6, 6.07) is 0. The number of hydrogen-bond donors (Lipinski definition) is 0. The number of ether oxygens (including phenoxy) is 2. The van der Waals surface area contributed by atoms with Gasteiger partial charge in [-0.3, -0.25) is 14.2 Å². The van der Waals surface area contributed by atoms with Gasteiger partial charge in [0.25, 0.3) is 7.82 Å². The molecule has 0 aromatic heterocycles. The Balaban J connectivity index is 4.12. The topological polar surface area (TPSA) is 111 Å². The van der Waals surface area contributed by atoms with Crippen LogP contribution in [0.3, 0.4) is 0 Å². The number of likely N-dealkylation sites (N-methyl/N-ethyl adjacent to an activating group) is 1. The first-order chi connectivity index (χ1) is 34.0. The molecular weight excluding hydrogens is 894 g/mol. The summed E-state index contributed by atoms with van der Waals surface area (Å²) in [4.78, 5) is 37.9. The molecule has 0 saturated heterocycles. The van der Waals surface area contributed by atoms with Crippen molar-refractivity contribution in [2.45, 2.75) is 315 Å². The molecule has 0 aromatic carbocycles. The summed E-state index contributed by atoms with van der Waals surface area (Å²) in [5.74, 6) is -0.850. The smallest absolute Gasteiger partial charge is 0.306 e. The Bertz CT molecular complexity index is 1190. The van der Waals surface area contributed by atoms with Crippen LogP contribution >= 0.6 is 7.82 Å². The maximum absolute atomic E-state index is 12.8. The van der Waals surface area contributed by atoms with Crippen LogP contribution in [0.5, 0.6) is 0 Å². The van der Waals surface area contributed by atoms with E-state index in [2.05, 4.69) is 26.0 Å². The minimum atomic E-state index is -4.64. The quantitative estimate of drug-likeness (QED) is 0.0195. The number of allylic oxidation sites excluding steroid dienone is 2. The fraction of sp³-hybridized carbons (Fsp3) is 0.933. The SMILES string of the molecule is CCCCCCCCCCCCCCCCCCCC/C=C/CCCC(=O)OC[C@H](COP(=O)([O-])OCC[N+](C)(C)C)OC(=O)CCCCCCCCCCCCCCCCCCCCCCCCC. The summed E-state index contributed by atoms with van der Waals surface area (Å²) in [5.41, 5.74) is 0. The lowest BCUT2D eigenvalue weighted by atomic mass is 10.0. The average Bonchev–Trinajstić information content (AvgIpc) is 3.32. The van der Waals surface area contributed by atoms with E-state index in [0.29, 0.717) is 23.9 Å². The summed E-state index contributed by atoms with van der Waals surface area (Å²) < 4.78 is 34.2.